The smallest absolute Gasteiger partial charge is 0.314 e. The number of aliphatic hydroxyl groups is 1. The van der Waals surface area contributed by atoms with Crippen molar-refractivity contribution in [2.75, 3.05) is 32.7 Å². The fourth-order valence-corrected chi connectivity index (χ4v) is 2.94. The van der Waals surface area contributed by atoms with Crippen LogP contribution in [0.4, 0.5) is 4.79 Å². The van der Waals surface area contributed by atoms with Crippen molar-refractivity contribution in [2.24, 2.45) is 11.8 Å². The number of nitrogens with one attached hydrogen (secondary N) is 2. The Hall–Kier alpha value is -0.810. The molecule has 1 fully saturated rings. The second-order valence-corrected chi connectivity index (χ2v) is 6.38. The normalized spacial score (nSPS) is 25.2. The number of rotatable bonds is 7. The molecule has 0 bridgehead atoms. The first-order valence-electron chi connectivity index (χ1n) is 7.89. The monoisotopic (exact) mass is 285 g/mol. The van der Waals surface area contributed by atoms with Gasteiger partial charge in [0, 0.05) is 26.2 Å². The van der Waals surface area contributed by atoms with Crippen molar-refractivity contribution in [3.05, 3.63) is 0 Å². The van der Waals surface area contributed by atoms with Gasteiger partial charge in [0.05, 0.1) is 6.10 Å². The molecule has 1 saturated heterocycles. The zero-order valence-electron chi connectivity index (χ0n) is 13.2. The Morgan fingerprint density at radius 1 is 1.25 bits per heavy atom. The van der Waals surface area contributed by atoms with E-state index in [9.17, 15) is 4.79 Å². The lowest BCUT2D eigenvalue weighted by molar-refractivity contribution is 0.139. The van der Waals surface area contributed by atoms with E-state index in [1.807, 2.05) is 0 Å². The maximum atomic E-state index is 11.5. The molecule has 1 aliphatic heterocycles. The van der Waals surface area contributed by atoms with E-state index in [1.165, 1.54) is 19.5 Å². The van der Waals surface area contributed by atoms with Crippen LogP contribution in [-0.4, -0.2) is 54.9 Å². The molecule has 1 rings (SSSR count). The summed E-state index contributed by atoms with van der Waals surface area (Å²) in [5.41, 5.74) is 0. The number of hydrogen-bond acceptors (Lipinski definition) is 3. The average molecular weight is 285 g/mol. The molecule has 118 valence electrons. The van der Waals surface area contributed by atoms with Gasteiger partial charge in [-0.2, -0.15) is 0 Å². The van der Waals surface area contributed by atoms with E-state index >= 15 is 0 Å². The highest BCUT2D eigenvalue weighted by atomic mass is 16.3. The predicted molar refractivity (Wildman–Crippen MR) is 81.7 cm³/mol. The third-order valence-electron chi connectivity index (χ3n) is 3.73. The Morgan fingerprint density at radius 3 is 2.45 bits per heavy atom. The van der Waals surface area contributed by atoms with Crippen molar-refractivity contribution in [1.82, 2.24) is 15.5 Å². The van der Waals surface area contributed by atoms with E-state index < -0.39 is 0 Å². The summed E-state index contributed by atoms with van der Waals surface area (Å²) in [4.78, 5) is 14.0. The van der Waals surface area contributed by atoms with Crippen molar-refractivity contribution in [2.45, 2.75) is 46.1 Å². The highest BCUT2D eigenvalue weighted by molar-refractivity contribution is 5.73. The van der Waals surface area contributed by atoms with Crippen LogP contribution in [0.25, 0.3) is 0 Å². The fraction of sp³-hybridized carbons (Fsp3) is 0.933. The molecule has 20 heavy (non-hydrogen) atoms. The summed E-state index contributed by atoms with van der Waals surface area (Å²) in [6, 6.07) is -0.133. The zero-order valence-corrected chi connectivity index (χ0v) is 13.2. The second-order valence-electron chi connectivity index (χ2n) is 6.38. The second kappa shape index (κ2) is 9.19. The van der Waals surface area contributed by atoms with Crippen LogP contribution >= 0.6 is 0 Å². The van der Waals surface area contributed by atoms with Crippen LogP contribution < -0.4 is 10.6 Å². The number of piperidine rings is 1. The molecule has 0 radical (unpaired) electrons. The number of aliphatic hydroxyl groups excluding tert-OH is 1. The third-order valence-corrected chi connectivity index (χ3v) is 3.73. The van der Waals surface area contributed by atoms with Crippen molar-refractivity contribution >= 4 is 6.03 Å². The van der Waals surface area contributed by atoms with Crippen LogP contribution in [0.1, 0.15) is 40.0 Å². The third kappa shape index (κ3) is 7.70. The highest BCUT2D eigenvalue weighted by Gasteiger charge is 2.20. The minimum Gasteiger partial charge on any atom is -0.393 e. The van der Waals surface area contributed by atoms with Gasteiger partial charge >= 0.3 is 6.03 Å². The van der Waals surface area contributed by atoms with Gasteiger partial charge in [-0.15, -0.1) is 0 Å². The summed E-state index contributed by atoms with van der Waals surface area (Å²) in [7, 11) is 0. The first kappa shape index (κ1) is 17.2. The van der Waals surface area contributed by atoms with Crippen molar-refractivity contribution in [3.8, 4) is 0 Å². The van der Waals surface area contributed by atoms with Gasteiger partial charge in [0.25, 0.3) is 0 Å². The van der Waals surface area contributed by atoms with Crippen LogP contribution in [0.5, 0.6) is 0 Å². The van der Waals surface area contributed by atoms with Crippen molar-refractivity contribution < 1.29 is 9.90 Å². The lowest BCUT2D eigenvalue weighted by Gasteiger charge is -2.34. The number of nitrogens with zero attached hydrogens (tertiary/aromatic N) is 1. The van der Waals surface area contributed by atoms with Crippen molar-refractivity contribution in [1.29, 1.82) is 0 Å². The lowest BCUT2D eigenvalue weighted by atomic mass is 9.92. The maximum Gasteiger partial charge on any atom is 0.314 e. The van der Waals surface area contributed by atoms with E-state index in [4.69, 9.17) is 5.11 Å². The molecule has 0 aromatic carbocycles. The average Bonchev–Trinajstić information content (AvgIpc) is 2.33. The minimum absolute atomic E-state index is 0.133. The fourth-order valence-electron chi connectivity index (χ4n) is 2.94. The molecular weight excluding hydrogens is 254 g/mol. The predicted octanol–water partition coefficient (Wildman–Crippen LogP) is 1.42. The van der Waals surface area contributed by atoms with Crippen LogP contribution in [0.2, 0.25) is 0 Å². The number of amides is 2. The van der Waals surface area contributed by atoms with Gasteiger partial charge in [0.1, 0.15) is 0 Å². The molecule has 1 heterocycles. The van der Waals surface area contributed by atoms with Crippen LogP contribution in [-0.2, 0) is 0 Å². The molecule has 0 aliphatic carbocycles. The lowest BCUT2D eigenvalue weighted by Crippen LogP contribution is -2.41. The first-order valence-corrected chi connectivity index (χ1v) is 7.89. The first-order chi connectivity index (χ1) is 9.47. The molecule has 0 aromatic heterocycles. The molecule has 3 atom stereocenters. The van der Waals surface area contributed by atoms with E-state index in [2.05, 4.69) is 29.4 Å². The number of carbonyl (C=O) groups is 1. The molecule has 3 N–H and O–H groups in total. The Kier molecular flexibility index (Phi) is 7.92. The SMILES string of the molecule is CC(O)CCNC(=O)NCCCN1CC(C)CC(C)C1. The number of likely N-dealkylation sites (tertiary alicyclic amines) is 1. The van der Waals surface area contributed by atoms with Crippen LogP contribution in [0.15, 0.2) is 0 Å². The summed E-state index contributed by atoms with van der Waals surface area (Å²) in [6.45, 7) is 11.0. The summed E-state index contributed by atoms with van der Waals surface area (Å²) in [5, 5.41) is 14.7. The van der Waals surface area contributed by atoms with E-state index in [0.717, 1.165) is 24.8 Å². The molecule has 5 heteroatoms. The molecule has 2 amide bonds. The topological polar surface area (TPSA) is 64.6 Å². The van der Waals surface area contributed by atoms with E-state index in [-0.39, 0.29) is 12.1 Å². The van der Waals surface area contributed by atoms with Gasteiger partial charge in [-0.25, -0.2) is 4.79 Å². The minimum atomic E-state index is -0.363. The van der Waals surface area contributed by atoms with Crippen LogP contribution in [0, 0.1) is 11.8 Å². The Morgan fingerprint density at radius 2 is 1.85 bits per heavy atom. The Bertz CT molecular complexity index is 274. The summed E-state index contributed by atoms with van der Waals surface area (Å²) in [5.74, 6) is 1.57. The Balaban J connectivity index is 2.02. The zero-order chi connectivity index (χ0) is 15.0. The number of carbonyl (C=O) groups excluding carboxylic acids is 1. The van der Waals surface area contributed by atoms with Gasteiger partial charge in [-0.3, -0.25) is 0 Å². The van der Waals surface area contributed by atoms with Gasteiger partial charge in [0.15, 0.2) is 0 Å². The number of urea groups is 1. The van der Waals surface area contributed by atoms with Crippen LogP contribution in [0.3, 0.4) is 0 Å². The maximum absolute atomic E-state index is 11.5. The van der Waals surface area contributed by atoms with Crippen molar-refractivity contribution in [3.63, 3.8) is 0 Å². The summed E-state index contributed by atoms with van der Waals surface area (Å²) < 4.78 is 0. The summed E-state index contributed by atoms with van der Waals surface area (Å²) in [6.07, 6.45) is 2.55. The molecule has 1 aliphatic rings. The van der Waals surface area contributed by atoms with Gasteiger partial charge in [-0.05, 0) is 44.6 Å². The molecule has 5 nitrogen and oxygen atoms in total. The molecule has 0 aromatic rings. The largest absolute Gasteiger partial charge is 0.393 e. The van der Waals surface area contributed by atoms with E-state index in [1.54, 1.807) is 6.92 Å². The standard InChI is InChI=1S/C15H31N3O2/c1-12-9-13(2)11-18(10-12)8-4-6-16-15(20)17-7-5-14(3)19/h12-14,19H,4-11H2,1-3H3,(H2,16,17,20). The Labute approximate surface area is 123 Å². The summed E-state index contributed by atoms with van der Waals surface area (Å²) >= 11 is 0. The molecular formula is C15H31N3O2. The van der Waals surface area contributed by atoms with Gasteiger partial charge in [-0.1, -0.05) is 13.8 Å². The van der Waals surface area contributed by atoms with E-state index in [0.29, 0.717) is 19.5 Å². The molecule has 3 unspecified atom stereocenters. The molecule has 0 saturated carbocycles. The quantitative estimate of drug-likeness (QED) is 0.620. The molecule has 0 spiro atoms. The van der Waals surface area contributed by atoms with Gasteiger partial charge in [0.2, 0.25) is 0 Å². The highest BCUT2D eigenvalue weighted by Crippen LogP contribution is 2.20. The van der Waals surface area contributed by atoms with Gasteiger partial charge < -0.3 is 20.6 Å². The number of hydrogen-bond donors (Lipinski definition) is 3.